The predicted molar refractivity (Wildman–Crippen MR) is 115 cm³/mol. The van der Waals surface area contributed by atoms with Gasteiger partial charge in [-0.05, 0) is 18.8 Å². The van der Waals surface area contributed by atoms with Crippen molar-refractivity contribution in [2.75, 3.05) is 5.75 Å². The van der Waals surface area contributed by atoms with Gasteiger partial charge in [0, 0.05) is 22.4 Å². The van der Waals surface area contributed by atoms with Crippen molar-refractivity contribution >= 4 is 28.4 Å². The lowest BCUT2D eigenvalue weighted by atomic mass is 9.86. The highest BCUT2D eigenvalue weighted by molar-refractivity contribution is 8.00. The van der Waals surface area contributed by atoms with E-state index in [4.69, 9.17) is 0 Å². The number of nitrogens with zero attached hydrogens (tertiary/aromatic N) is 2. The molecule has 0 spiro atoms. The molecule has 4 nitrogen and oxygen atoms in total. The molecule has 2 unspecified atom stereocenters. The molecule has 1 N–H and O–H groups in total. The molecule has 2 atom stereocenters. The van der Waals surface area contributed by atoms with Crippen LogP contribution in [0.25, 0.3) is 22.0 Å². The quantitative estimate of drug-likeness (QED) is 0.616. The first-order chi connectivity index (χ1) is 13.7. The van der Waals surface area contributed by atoms with Crippen molar-refractivity contribution in [3.8, 4) is 11.3 Å². The lowest BCUT2D eigenvalue weighted by Gasteiger charge is -2.29. The molecule has 1 saturated carbocycles. The Hall–Kier alpha value is -2.40. The van der Waals surface area contributed by atoms with Crippen molar-refractivity contribution in [1.82, 2.24) is 15.5 Å². The Morgan fingerprint density at radius 2 is 1.71 bits per heavy atom. The number of rotatable bonds is 5. The third-order valence-electron chi connectivity index (χ3n) is 5.50. The van der Waals surface area contributed by atoms with Crippen molar-refractivity contribution in [2.24, 2.45) is 5.92 Å². The first-order valence-corrected chi connectivity index (χ1v) is 10.9. The molecule has 0 aliphatic heterocycles. The Balaban J connectivity index is 1.51. The van der Waals surface area contributed by atoms with Crippen molar-refractivity contribution in [1.29, 1.82) is 0 Å². The standard InChI is InChI=1S/C23H25N3OS/c1-16-9-5-8-14-20(16)24-21(27)15-28-23-19-13-7-6-12-18(19)22(25-26-23)17-10-3-2-4-11-17/h2-4,6-7,10-13,16,20H,5,8-9,14-15H2,1H3,(H,24,27). The average Bonchev–Trinajstić information content (AvgIpc) is 2.74. The van der Waals surface area contributed by atoms with Gasteiger partial charge >= 0.3 is 0 Å². The Morgan fingerprint density at radius 1 is 1.00 bits per heavy atom. The molecule has 28 heavy (non-hydrogen) atoms. The van der Waals surface area contributed by atoms with Gasteiger partial charge in [-0.2, -0.15) is 0 Å². The third kappa shape index (κ3) is 4.20. The zero-order valence-electron chi connectivity index (χ0n) is 16.1. The first-order valence-electron chi connectivity index (χ1n) is 9.95. The van der Waals surface area contributed by atoms with Gasteiger partial charge in [0.1, 0.15) is 10.7 Å². The molecule has 3 aromatic rings. The summed E-state index contributed by atoms with van der Waals surface area (Å²) < 4.78 is 0. The van der Waals surface area contributed by atoms with Crippen LogP contribution < -0.4 is 5.32 Å². The van der Waals surface area contributed by atoms with Gasteiger partial charge in [-0.25, -0.2) is 0 Å². The van der Waals surface area contributed by atoms with Crippen molar-refractivity contribution < 1.29 is 4.79 Å². The average molecular weight is 392 g/mol. The number of amides is 1. The van der Waals surface area contributed by atoms with Gasteiger partial charge in [-0.1, -0.05) is 86.1 Å². The molecule has 0 radical (unpaired) electrons. The fraction of sp³-hybridized carbons (Fsp3) is 0.348. The summed E-state index contributed by atoms with van der Waals surface area (Å²) in [6.07, 6.45) is 4.78. The van der Waals surface area contributed by atoms with Gasteiger partial charge < -0.3 is 5.32 Å². The van der Waals surface area contributed by atoms with Crippen LogP contribution in [0.1, 0.15) is 32.6 Å². The summed E-state index contributed by atoms with van der Waals surface area (Å²) in [6.45, 7) is 2.23. The number of carbonyl (C=O) groups is 1. The van der Waals surface area contributed by atoms with E-state index in [0.717, 1.165) is 33.5 Å². The third-order valence-corrected chi connectivity index (χ3v) is 6.48. The van der Waals surface area contributed by atoms with Gasteiger partial charge in [0.15, 0.2) is 0 Å². The SMILES string of the molecule is CC1CCCCC1NC(=O)CSc1nnc(-c2ccccc2)c2ccccc12. The predicted octanol–water partition coefficient (Wildman–Crippen LogP) is 5.08. The van der Waals surface area contributed by atoms with Crippen LogP contribution in [0.2, 0.25) is 0 Å². The van der Waals surface area contributed by atoms with Crippen LogP contribution in [0, 0.1) is 5.92 Å². The van der Waals surface area contributed by atoms with E-state index in [1.54, 1.807) is 0 Å². The van der Waals surface area contributed by atoms with E-state index in [1.165, 1.54) is 31.0 Å². The largest absolute Gasteiger partial charge is 0.352 e. The molecule has 1 aliphatic rings. The van der Waals surface area contributed by atoms with Crippen LogP contribution in [0.3, 0.4) is 0 Å². The minimum absolute atomic E-state index is 0.0850. The zero-order chi connectivity index (χ0) is 19.3. The van der Waals surface area contributed by atoms with E-state index in [0.29, 0.717) is 17.7 Å². The number of carbonyl (C=O) groups excluding carboxylic acids is 1. The monoisotopic (exact) mass is 391 g/mol. The van der Waals surface area contributed by atoms with Crippen LogP contribution in [-0.4, -0.2) is 27.9 Å². The number of hydrogen-bond acceptors (Lipinski definition) is 4. The highest BCUT2D eigenvalue weighted by atomic mass is 32.2. The lowest BCUT2D eigenvalue weighted by Crippen LogP contribution is -2.41. The first kappa shape index (κ1) is 18.9. The number of fused-ring (bicyclic) bond motifs is 1. The van der Waals surface area contributed by atoms with Crippen LogP contribution >= 0.6 is 11.8 Å². The molecule has 1 aliphatic carbocycles. The summed E-state index contributed by atoms with van der Waals surface area (Å²) in [5, 5.41) is 15.1. The maximum absolute atomic E-state index is 12.5. The van der Waals surface area contributed by atoms with Crippen LogP contribution in [0.5, 0.6) is 0 Å². The minimum Gasteiger partial charge on any atom is -0.352 e. The van der Waals surface area contributed by atoms with E-state index < -0.39 is 0 Å². The van der Waals surface area contributed by atoms with Gasteiger partial charge in [-0.15, -0.1) is 10.2 Å². The Bertz CT molecular complexity index is 960. The maximum Gasteiger partial charge on any atom is 0.230 e. The second kappa shape index (κ2) is 8.74. The lowest BCUT2D eigenvalue weighted by molar-refractivity contribution is -0.119. The Morgan fingerprint density at radius 3 is 2.50 bits per heavy atom. The van der Waals surface area contributed by atoms with Crippen LogP contribution in [0.4, 0.5) is 0 Å². The molecule has 4 rings (SSSR count). The topological polar surface area (TPSA) is 54.9 Å². The molecular weight excluding hydrogens is 366 g/mol. The summed E-state index contributed by atoms with van der Waals surface area (Å²) >= 11 is 1.47. The van der Waals surface area contributed by atoms with Gasteiger partial charge in [-0.3, -0.25) is 4.79 Å². The number of thioether (sulfide) groups is 1. The molecule has 1 heterocycles. The van der Waals surface area contributed by atoms with E-state index >= 15 is 0 Å². The van der Waals surface area contributed by atoms with E-state index in [1.807, 2.05) is 42.5 Å². The molecule has 144 valence electrons. The van der Waals surface area contributed by atoms with E-state index in [-0.39, 0.29) is 5.91 Å². The van der Waals surface area contributed by atoms with Gasteiger partial charge in [0.05, 0.1) is 5.75 Å². The Labute approximate surface area is 170 Å². The molecular formula is C23H25N3OS. The summed E-state index contributed by atoms with van der Waals surface area (Å²) in [7, 11) is 0. The maximum atomic E-state index is 12.5. The molecule has 0 saturated heterocycles. The van der Waals surface area contributed by atoms with Gasteiger partial charge in [0.25, 0.3) is 0 Å². The summed E-state index contributed by atoms with van der Waals surface area (Å²) in [6, 6.07) is 18.6. The summed E-state index contributed by atoms with van der Waals surface area (Å²) in [4.78, 5) is 12.5. The second-order valence-electron chi connectivity index (χ2n) is 7.49. The Kier molecular flexibility index (Phi) is 5.91. The molecule has 2 aromatic carbocycles. The highest BCUT2D eigenvalue weighted by Crippen LogP contribution is 2.31. The molecule has 5 heteroatoms. The molecule has 1 amide bonds. The smallest absolute Gasteiger partial charge is 0.230 e. The highest BCUT2D eigenvalue weighted by Gasteiger charge is 2.23. The molecule has 1 aromatic heterocycles. The zero-order valence-corrected chi connectivity index (χ0v) is 16.9. The van der Waals surface area contributed by atoms with E-state index in [2.05, 4.69) is 34.6 Å². The van der Waals surface area contributed by atoms with Gasteiger partial charge in [0.2, 0.25) is 5.91 Å². The minimum atomic E-state index is 0.0850. The van der Waals surface area contributed by atoms with Crippen LogP contribution in [0.15, 0.2) is 59.6 Å². The fourth-order valence-electron chi connectivity index (χ4n) is 3.91. The number of nitrogens with one attached hydrogen (secondary N) is 1. The fourth-order valence-corrected chi connectivity index (χ4v) is 4.69. The van der Waals surface area contributed by atoms with Crippen molar-refractivity contribution in [2.45, 2.75) is 43.7 Å². The van der Waals surface area contributed by atoms with Crippen molar-refractivity contribution in [3.63, 3.8) is 0 Å². The normalized spacial score (nSPS) is 19.5. The second-order valence-corrected chi connectivity index (χ2v) is 8.45. The molecule has 1 fully saturated rings. The molecule has 0 bridgehead atoms. The number of benzene rings is 2. The van der Waals surface area contributed by atoms with E-state index in [9.17, 15) is 4.79 Å². The number of hydrogen-bond donors (Lipinski definition) is 1. The summed E-state index contributed by atoms with van der Waals surface area (Å²) in [5.41, 5.74) is 1.92. The van der Waals surface area contributed by atoms with Crippen molar-refractivity contribution in [3.05, 3.63) is 54.6 Å². The number of aromatic nitrogens is 2. The summed E-state index contributed by atoms with van der Waals surface area (Å²) in [5.74, 6) is 1.02. The van der Waals surface area contributed by atoms with Crippen LogP contribution in [-0.2, 0) is 4.79 Å².